The summed E-state index contributed by atoms with van der Waals surface area (Å²) in [6.07, 6.45) is 1.14. The van der Waals surface area contributed by atoms with Gasteiger partial charge in [0.05, 0.1) is 16.7 Å². The van der Waals surface area contributed by atoms with Crippen molar-refractivity contribution in [1.29, 1.82) is 0 Å². The third-order valence-corrected chi connectivity index (χ3v) is 8.29. The Morgan fingerprint density at radius 2 is 1.07 bits per heavy atom. The van der Waals surface area contributed by atoms with E-state index in [2.05, 4.69) is 163 Å². The molecule has 0 spiro atoms. The van der Waals surface area contributed by atoms with Crippen molar-refractivity contribution in [3.05, 3.63) is 145 Å². The first-order chi connectivity index (χ1) is 19.7. The summed E-state index contributed by atoms with van der Waals surface area (Å²) in [4.78, 5) is 2.39. The van der Waals surface area contributed by atoms with Crippen LogP contribution < -0.4 is 4.90 Å². The van der Waals surface area contributed by atoms with E-state index < -0.39 is 0 Å². The summed E-state index contributed by atoms with van der Waals surface area (Å²) < 4.78 is 2.37. The minimum absolute atomic E-state index is 0.547. The number of hydrogen-bond donors (Lipinski definition) is 0. The van der Waals surface area contributed by atoms with E-state index in [0.717, 1.165) is 23.5 Å². The van der Waals surface area contributed by atoms with Gasteiger partial charge in [0, 0.05) is 33.2 Å². The third-order valence-electron chi connectivity index (χ3n) is 8.29. The molecule has 0 fully saturated rings. The van der Waals surface area contributed by atoms with Crippen molar-refractivity contribution in [3.8, 4) is 5.69 Å². The molecular formula is C38H32N2. The minimum Gasteiger partial charge on any atom is -0.310 e. The lowest BCUT2D eigenvalue weighted by Crippen LogP contribution is -2.11. The topological polar surface area (TPSA) is 8.17 Å². The molecule has 0 saturated heterocycles. The van der Waals surface area contributed by atoms with Crippen LogP contribution in [0.15, 0.2) is 140 Å². The number of fused-ring (bicyclic) bond motifs is 4. The Morgan fingerprint density at radius 3 is 1.70 bits per heavy atom. The maximum absolute atomic E-state index is 2.39. The monoisotopic (exact) mass is 516 g/mol. The standard InChI is InChI=1S/C38H32N2/c1-3-27(2)28-19-21-30(22-20-28)39(36-18-10-12-29-11-4-5-13-33(29)36)31-23-25-32(26-24-31)40-37-16-8-6-14-34(37)35-15-7-9-17-38(35)40/h4-27H,3H2,1-2H3. The van der Waals surface area contributed by atoms with Gasteiger partial charge >= 0.3 is 0 Å². The first-order valence-electron chi connectivity index (χ1n) is 14.2. The van der Waals surface area contributed by atoms with Crippen LogP contribution in [0.2, 0.25) is 0 Å². The Kier molecular flexibility index (Phi) is 6.09. The summed E-state index contributed by atoms with van der Waals surface area (Å²) in [6.45, 7) is 4.55. The normalized spacial score (nSPS) is 12.2. The smallest absolute Gasteiger partial charge is 0.0541 e. The Bertz CT molecular complexity index is 1890. The van der Waals surface area contributed by atoms with Crippen LogP contribution in [0.4, 0.5) is 17.1 Å². The molecule has 1 aromatic heterocycles. The van der Waals surface area contributed by atoms with Crippen LogP contribution in [-0.4, -0.2) is 4.57 Å². The van der Waals surface area contributed by atoms with Crippen LogP contribution in [0.5, 0.6) is 0 Å². The molecule has 2 nitrogen and oxygen atoms in total. The Hall–Kier alpha value is -4.82. The summed E-state index contributed by atoms with van der Waals surface area (Å²) in [5.41, 5.74) is 8.46. The number of para-hydroxylation sites is 2. The molecule has 1 heterocycles. The highest BCUT2D eigenvalue weighted by Gasteiger charge is 2.17. The van der Waals surface area contributed by atoms with Crippen LogP contribution >= 0.6 is 0 Å². The molecule has 0 radical (unpaired) electrons. The lowest BCUT2D eigenvalue weighted by atomic mass is 9.98. The quantitative estimate of drug-likeness (QED) is 0.213. The van der Waals surface area contributed by atoms with E-state index in [1.807, 2.05) is 0 Å². The average molecular weight is 517 g/mol. The van der Waals surface area contributed by atoms with E-state index in [4.69, 9.17) is 0 Å². The number of aromatic nitrogens is 1. The van der Waals surface area contributed by atoms with Crippen molar-refractivity contribution in [1.82, 2.24) is 4.57 Å². The van der Waals surface area contributed by atoms with Gasteiger partial charge in [-0.1, -0.05) is 98.8 Å². The number of anilines is 3. The van der Waals surface area contributed by atoms with Gasteiger partial charge in [0.2, 0.25) is 0 Å². The van der Waals surface area contributed by atoms with Crippen LogP contribution in [-0.2, 0) is 0 Å². The molecule has 40 heavy (non-hydrogen) atoms. The van der Waals surface area contributed by atoms with Crippen molar-refractivity contribution < 1.29 is 0 Å². The van der Waals surface area contributed by atoms with Gasteiger partial charge in [0.15, 0.2) is 0 Å². The molecule has 6 aromatic carbocycles. The molecule has 0 aliphatic rings. The van der Waals surface area contributed by atoms with Gasteiger partial charge in [0.25, 0.3) is 0 Å². The van der Waals surface area contributed by atoms with Crippen molar-refractivity contribution in [2.24, 2.45) is 0 Å². The Balaban J connectivity index is 1.38. The van der Waals surface area contributed by atoms with Gasteiger partial charge in [-0.3, -0.25) is 0 Å². The maximum Gasteiger partial charge on any atom is 0.0541 e. The van der Waals surface area contributed by atoms with Gasteiger partial charge in [-0.15, -0.1) is 0 Å². The summed E-state index contributed by atoms with van der Waals surface area (Å²) in [7, 11) is 0. The lowest BCUT2D eigenvalue weighted by Gasteiger charge is -2.27. The van der Waals surface area contributed by atoms with E-state index in [0.29, 0.717) is 5.92 Å². The van der Waals surface area contributed by atoms with Crippen molar-refractivity contribution in [2.75, 3.05) is 4.90 Å². The molecule has 0 aliphatic carbocycles. The molecule has 0 bridgehead atoms. The predicted octanol–water partition coefficient (Wildman–Crippen LogP) is 10.9. The largest absolute Gasteiger partial charge is 0.310 e. The van der Waals surface area contributed by atoms with Crippen LogP contribution in [0.3, 0.4) is 0 Å². The molecule has 1 unspecified atom stereocenters. The summed E-state index contributed by atoms with van der Waals surface area (Å²) in [5.74, 6) is 0.547. The van der Waals surface area contributed by atoms with Gasteiger partial charge in [0.1, 0.15) is 0 Å². The molecule has 0 N–H and O–H groups in total. The molecule has 1 atom stereocenters. The van der Waals surface area contributed by atoms with Crippen molar-refractivity contribution in [2.45, 2.75) is 26.2 Å². The molecule has 0 amide bonds. The second-order valence-electron chi connectivity index (χ2n) is 10.6. The number of rotatable bonds is 6. The molecule has 7 rings (SSSR count). The Morgan fingerprint density at radius 1 is 0.550 bits per heavy atom. The SMILES string of the molecule is CCC(C)c1ccc(N(c2ccc(-n3c4ccccc4c4ccccc43)cc2)c2cccc3ccccc23)cc1. The summed E-state index contributed by atoms with van der Waals surface area (Å²) in [6, 6.07) is 50.7. The molecule has 7 aromatic rings. The minimum atomic E-state index is 0.547. The predicted molar refractivity (Wildman–Crippen MR) is 172 cm³/mol. The Labute approximate surface area is 235 Å². The molecule has 2 heteroatoms. The molecular weight excluding hydrogens is 484 g/mol. The van der Waals surface area contributed by atoms with E-state index >= 15 is 0 Å². The maximum atomic E-state index is 2.39. The number of nitrogens with zero attached hydrogens (tertiary/aromatic N) is 2. The summed E-state index contributed by atoms with van der Waals surface area (Å²) >= 11 is 0. The van der Waals surface area contributed by atoms with Gasteiger partial charge in [-0.05, 0) is 77.9 Å². The first-order valence-corrected chi connectivity index (χ1v) is 14.2. The van der Waals surface area contributed by atoms with Gasteiger partial charge < -0.3 is 9.47 Å². The first kappa shape index (κ1) is 24.2. The fraction of sp³-hybridized carbons (Fsp3) is 0.105. The third kappa shape index (κ3) is 4.04. The van der Waals surface area contributed by atoms with Crippen LogP contribution in [0.25, 0.3) is 38.3 Å². The van der Waals surface area contributed by atoms with E-state index in [1.165, 1.54) is 43.8 Å². The second-order valence-corrected chi connectivity index (χ2v) is 10.6. The highest BCUT2D eigenvalue weighted by molar-refractivity contribution is 6.09. The zero-order valence-electron chi connectivity index (χ0n) is 23.0. The van der Waals surface area contributed by atoms with E-state index in [1.54, 1.807) is 0 Å². The zero-order valence-corrected chi connectivity index (χ0v) is 23.0. The molecule has 0 saturated carbocycles. The second kappa shape index (κ2) is 10.1. The number of hydrogen-bond acceptors (Lipinski definition) is 1. The highest BCUT2D eigenvalue weighted by atomic mass is 15.1. The fourth-order valence-electron chi connectivity index (χ4n) is 5.97. The number of benzene rings is 6. The molecule has 194 valence electrons. The van der Waals surface area contributed by atoms with Crippen molar-refractivity contribution in [3.63, 3.8) is 0 Å². The average Bonchev–Trinajstić information content (AvgIpc) is 3.36. The van der Waals surface area contributed by atoms with E-state index in [9.17, 15) is 0 Å². The lowest BCUT2D eigenvalue weighted by molar-refractivity contribution is 0.733. The van der Waals surface area contributed by atoms with Crippen LogP contribution in [0.1, 0.15) is 31.7 Å². The van der Waals surface area contributed by atoms with Gasteiger partial charge in [-0.25, -0.2) is 0 Å². The van der Waals surface area contributed by atoms with E-state index in [-0.39, 0.29) is 0 Å². The zero-order chi connectivity index (χ0) is 27.1. The van der Waals surface area contributed by atoms with Gasteiger partial charge in [-0.2, -0.15) is 0 Å². The van der Waals surface area contributed by atoms with Crippen LogP contribution in [0, 0.1) is 0 Å². The highest BCUT2D eigenvalue weighted by Crippen LogP contribution is 2.40. The summed E-state index contributed by atoms with van der Waals surface area (Å²) in [5, 5.41) is 5.03. The van der Waals surface area contributed by atoms with Crippen molar-refractivity contribution >= 4 is 49.6 Å². The molecule has 0 aliphatic heterocycles. The fourth-order valence-corrected chi connectivity index (χ4v) is 5.97.